The van der Waals surface area contributed by atoms with Gasteiger partial charge in [0.25, 0.3) is 10.0 Å². The van der Waals surface area contributed by atoms with E-state index in [4.69, 9.17) is 21.1 Å². The molecule has 7 nitrogen and oxygen atoms in total. The number of thioether (sulfide) groups is 1. The Morgan fingerprint density at radius 3 is 2.26 bits per heavy atom. The lowest BCUT2D eigenvalue weighted by atomic mass is 10.2. The number of sulfonamides is 1. The number of nitrogens with one attached hydrogen (secondary N) is 2. The van der Waals surface area contributed by atoms with Gasteiger partial charge in [-0.3, -0.25) is 9.52 Å². The number of rotatable bonds is 10. The smallest absolute Gasteiger partial charge is 0.262 e. The van der Waals surface area contributed by atoms with Gasteiger partial charge in [-0.05, 0) is 67.1 Å². The largest absolute Gasteiger partial charge is 0.497 e. The molecule has 0 saturated carbocycles. The molecule has 34 heavy (non-hydrogen) atoms. The number of hydrogen-bond donors (Lipinski definition) is 2. The molecule has 3 aromatic rings. The summed E-state index contributed by atoms with van der Waals surface area (Å²) in [7, 11) is -0.954. The summed E-state index contributed by atoms with van der Waals surface area (Å²) < 4.78 is 38.7. The highest BCUT2D eigenvalue weighted by Crippen LogP contribution is 2.31. The third kappa shape index (κ3) is 6.59. The second-order valence-corrected chi connectivity index (χ2v) is 10.5. The Labute approximate surface area is 208 Å². The van der Waals surface area contributed by atoms with Gasteiger partial charge in [-0.15, -0.1) is 11.8 Å². The summed E-state index contributed by atoms with van der Waals surface area (Å²) in [6, 6.07) is 18.1. The Morgan fingerprint density at radius 2 is 1.68 bits per heavy atom. The van der Waals surface area contributed by atoms with Crippen LogP contribution in [-0.4, -0.2) is 33.8 Å². The predicted octanol–water partition coefficient (Wildman–Crippen LogP) is 5.67. The molecule has 0 aliphatic heterocycles. The molecular weight excluding hydrogens is 496 g/mol. The first-order valence-electron chi connectivity index (χ1n) is 10.3. The van der Waals surface area contributed by atoms with Crippen molar-refractivity contribution in [3.05, 3.63) is 71.8 Å². The number of amides is 1. The van der Waals surface area contributed by atoms with Gasteiger partial charge in [-0.1, -0.05) is 18.5 Å². The molecule has 0 radical (unpaired) electrons. The molecule has 0 fully saturated rings. The molecule has 180 valence electrons. The van der Waals surface area contributed by atoms with Gasteiger partial charge < -0.3 is 14.8 Å². The van der Waals surface area contributed by atoms with E-state index in [0.717, 1.165) is 4.90 Å². The van der Waals surface area contributed by atoms with E-state index in [9.17, 15) is 13.2 Å². The second kappa shape index (κ2) is 11.5. The van der Waals surface area contributed by atoms with Crippen LogP contribution in [-0.2, 0) is 14.8 Å². The number of methoxy groups -OCH3 is 2. The van der Waals surface area contributed by atoms with Crippen molar-refractivity contribution in [3.63, 3.8) is 0 Å². The molecular formula is C24H25ClN2O5S2. The number of hydrogen-bond acceptors (Lipinski definition) is 6. The van der Waals surface area contributed by atoms with Gasteiger partial charge in [-0.25, -0.2) is 8.42 Å². The Balaban J connectivity index is 1.70. The zero-order valence-electron chi connectivity index (χ0n) is 18.9. The van der Waals surface area contributed by atoms with Crippen molar-refractivity contribution in [3.8, 4) is 11.5 Å². The van der Waals surface area contributed by atoms with E-state index in [1.807, 2.05) is 19.1 Å². The molecule has 10 heteroatoms. The lowest BCUT2D eigenvalue weighted by molar-refractivity contribution is -0.115. The Kier molecular flexibility index (Phi) is 8.71. The topological polar surface area (TPSA) is 93.7 Å². The van der Waals surface area contributed by atoms with Crippen molar-refractivity contribution < 1.29 is 22.7 Å². The lowest BCUT2D eigenvalue weighted by Gasteiger charge is -2.15. The van der Waals surface area contributed by atoms with Gasteiger partial charge in [0.2, 0.25) is 5.91 Å². The predicted molar refractivity (Wildman–Crippen MR) is 137 cm³/mol. The fraction of sp³-hybridized carbons (Fsp3) is 0.208. The number of halogens is 1. The molecule has 1 atom stereocenters. The van der Waals surface area contributed by atoms with Gasteiger partial charge in [0, 0.05) is 21.7 Å². The molecule has 0 saturated heterocycles. The van der Waals surface area contributed by atoms with Crippen LogP contribution in [0.15, 0.2) is 76.5 Å². The molecule has 1 amide bonds. The molecule has 0 heterocycles. The van der Waals surface area contributed by atoms with Crippen LogP contribution in [0, 0.1) is 0 Å². The summed E-state index contributed by atoms with van der Waals surface area (Å²) in [5.41, 5.74) is 0.752. The van der Waals surface area contributed by atoms with Crippen LogP contribution >= 0.6 is 23.4 Å². The van der Waals surface area contributed by atoms with Crippen LogP contribution in [0.25, 0.3) is 0 Å². The average Bonchev–Trinajstić information content (AvgIpc) is 2.83. The van der Waals surface area contributed by atoms with Crippen LogP contribution in [0.3, 0.4) is 0 Å². The van der Waals surface area contributed by atoms with Crippen LogP contribution in [0.1, 0.15) is 13.3 Å². The van der Waals surface area contributed by atoms with Gasteiger partial charge in [0.15, 0.2) is 0 Å². The fourth-order valence-electron chi connectivity index (χ4n) is 3.04. The molecule has 0 aliphatic carbocycles. The number of benzene rings is 3. The zero-order chi connectivity index (χ0) is 24.7. The maximum absolute atomic E-state index is 12.9. The van der Waals surface area contributed by atoms with Crippen LogP contribution in [0.5, 0.6) is 11.5 Å². The van der Waals surface area contributed by atoms with Crippen molar-refractivity contribution in [2.45, 2.75) is 28.4 Å². The third-order valence-electron chi connectivity index (χ3n) is 4.84. The number of ether oxygens (including phenoxy) is 2. The quantitative estimate of drug-likeness (QED) is 0.335. The molecule has 0 aromatic heterocycles. The first-order chi connectivity index (χ1) is 16.2. The summed E-state index contributed by atoms with van der Waals surface area (Å²) in [5, 5.41) is 3.17. The Morgan fingerprint density at radius 1 is 1.00 bits per heavy atom. The van der Waals surface area contributed by atoms with E-state index < -0.39 is 10.0 Å². The van der Waals surface area contributed by atoms with Gasteiger partial charge in [0.05, 0.1) is 30.1 Å². The highest BCUT2D eigenvalue weighted by Gasteiger charge is 2.20. The maximum atomic E-state index is 12.9. The first-order valence-corrected chi connectivity index (χ1v) is 13.1. The van der Waals surface area contributed by atoms with Gasteiger partial charge in [0.1, 0.15) is 11.5 Å². The maximum Gasteiger partial charge on any atom is 0.262 e. The van der Waals surface area contributed by atoms with Crippen molar-refractivity contribution >= 4 is 50.7 Å². The minimum atomic E-state index is -3.89. The highest BCUT2D eigenvalue weighted by molar-refractivity contribution is 8.00. The normalized spacial score (nSPS) is 12.0. The van der Waals surface area contributed by atoms with Gasteiger partial charge in [-0.2, -0.15) is 0 Å². The minimum absolute atomic E-state index is 0.0398. The monoisotopic (exact) mass is 520 g/mol. The summed E-state index contributed by atoms with van der Waals surface area (Å²) in [6.07, 6.45) is 0.623. The summed E-state index contributed by atoms with van der Waals surface area (Å²) in [5.74, 6) is 0.674. The van der Waals surface area contributed by atoms with E-state index in [1.165, 1.54) is 44.2 Å². The molecule has 3 aromatic carbocycles. The lowest BCUT2D eigenvalue weighted by Crippen LogP contribution is -2.24. The van der Waals surface area contributed by atoms with E-state index in [2.05, 4.69) is 10.0 Å². The summed E-state index contributed by atoms with van der Waals surface area (Å²) >= 11 is 7.36. The number of anilines is 2. The number of carbonyl (C=O) groups is 1. The summed E-state index contributed by atoms with van der Waals surface area (Å²) in [6.45, 7) is 1.93. The van der Waals surface area contributed by atoms with Crippen molar-refractivity contribution in [2.24, 2.45) is 0 Å². The molecule has 0 bridgehead atoms. The van der Waals surface area contributed by atoms with Crippen LogP contribution < -0.4 is 19.5 Å². The van der Waals surface area contributed by atoms with Crippen LogP contribution in [0.2, 0.25) is 5.02 Å². The second-order valence-electron chi connectivity index (χ2n) is 7.15. The van der Waals surface area contributed by atoms with E-state index in [-0.39, 0.29) is 21.7 Å². The van der Waals surface area contributed by atoms with E-state index in [0.29, 0.717) is 28.6 Å². The van der Waals surface area contributed by atoms with E-state index in [1.54, 1.807) is 36.4 Å². The average molecular weight is 521 g/mol. The third-order valence-corrected chi connectivity index (χ3v) is 7.85. The molecule has 2 N–H and O–H groups in total. The zero-order valence-corrected chi connectivity index (χ0v) is 21.3. The number of carbonyl (C=O) groups excluding carboxylic acids is 1. The van der Waals surface area contributed by atoms with Crippen molar-refractivity contribution in [1.29, 1.82) is 0 Å². The highest BCUT2D eigenvalue weighted by atomic mass is 35.5. The van der Waals surface area contributed by atoms with E-state index >= 15 is 0 Å². The first kappa shape index (κ1) is 25.7. The Hall–Kier alpha value is -2.88. The molecule has 0 unspecified atom stereocenters. The van der Waals surface area contributed by atoms with Crippen molar-refractivity contribution in [1.82, 2.24) is 0 Å². The molecule has 0 aliphatic rings. The fourth-order valence-corrected chi connectivity index (χ4v) is 5.18. The molecule has 3 rings (SSSR count). The Bertz CT molecular complexity index is 1230. The minimum Gasteiger partial charge on any atom is -0.497 e. The summed E-state index contributed by atoms with van der Waals surface area (Å²) in [4.78, 5) is 13.7. The van der Waals surface area contributed by atoms with Crippen LogP contribution in [0.4, 0.5) is 11.4 Å². The standard InChI is InChI=1S/C24H25ClN2O5S2/c1-4-23(33-19-10-5-16(25)6-11-19)24(28)26-17-7-12-20(13-8-17)34(29,30)27-21-15-18(31-2)9-14-22(21)32-3/h5-15,23,27H,4H2,1-3H3,(H,26,28)/t23-/m0/s1. The van der Waals surface area contributed by atoms with Gasteiger partial charge >= 0.3 is 0 Å². The molecule has 0 spiro atoms. The van der Waals surface area contributed by atoms with Crippen molar-refractivity contribution in [2.75, 3.05) is 24.3 Å². The SMILES string of the molecule is CC[C@H](Sc1ccc(Cl)cc1)C(=O)Nc1ccc(S(=O)(=O)Nc2cc(OC)ccc2OC)cc1.